The molecule has 1 amide bonds. The zero-order valence-corrected chi connectivity index (χ0v) is 13.1. The van der Waals surface area contributed by atoms with E-state index in [4.69, 9.17) is 15.9 Å². The van der Waals surface area contributed by atoms with Crippen LogP contribution in [0.1, 0.15) is 38.8 Å². The predicted molar refractivity (Wildman–Crippen MR) is 83.0 cm³/mol. The van der Waals surface area contributed by atoms with Gasteiger partial charge in [-0.3, -0.25) is 4.79 Å². The summed E-state index contributed by atoms with van der Waals surface area (Å²) in [5.41, 5.74) is 0.168. The predicted octanol–water partition coefficient (Wildman–Crippen LogP) is 2.82. The first-order valence-corrected chi connectivity index (χ1v) is 6.95. The largest absolute Gasteiger partial charge is 0.452 e. The average molecular weight is 303 g/mol. The van der Waals surface area contributed by atoms with Crippen molar-refractivity contribution >= 4 is 12.1 Å². The summed E-state index contributed by atoms with van der Waals surface area (Å²) < 4.78 is 10.1. The second kappa shape index (κ2) is 8.08. The van der Waals surface area contributed by atoms with E-state index in [0.717, 1.165) is 5.56 Å². The molecule has 0 aromatic heterocycles. The highest BCUT2D eigenvalue weighted by atomic mass is 16.6. The maximum atomic E-state index is 11.9. The summed E-state index contributed by atoms with van der Waals surface area (Å²) in [4.78, 5) is 23.7. The van der Waals surface area contributed by atoms with Crippen molar-refractivity contribution in [3.8, 4) is 12.3 Å². The molecule has 0 aliphatic carbocycles. The van der Waals surface area contributed by atoms with E-state index in [0.29, 0.717) is 0 Å². The summed E-state index contributed by atoms with van der Waals surface area (Å²) in [6.07, 6.45) is 4.44. The minimum absolute atomic E-state index is 0.0229. The van der Waals surface area contributed by atoms with Crippen LogP contribution in [0.3, 0.4) is 0 Å². The quantitative estimate of drug-likeness (QED) is 0.671. The molecule has 0 heterocycles. The summed E-state index contributed by atoms with van der Waals surface area (Å²) >= 11 is 0. The first kappa shape index (κ1) is 17.6. The van der Waals surface area contributed by atoms with Crippen LogP contribution in [0.25, 0.3) is 0 Å². The number of amides is 1. The average Bonchev–Trinajstić information content (AvgIpc) is 2.43. The molecular weight excluding hydrogens is 282 g/mol. The minimum Gasteiger partial charge on any atom is -0.452 e. The number of carbonyl (C=O) groups excluding carboxylic acids is 2. The molecule has 5 nitrogen and oxygen atoms in total. The van der Waals surface area contributed by atoms with Gasteiger partial charge in [-0.05, 0) is 26.3 Å². The van der Waals surface area contributed by atoms with E-state index in [-0.39, 0.29) is 13.0 Å². The minimum atomic E-state index is -0.616. The van der Waals surface area contributed by atoms with E-state index >= 15 is 0 Å². The van der Waals surface area contributed by atoms with Crippen molar-refractivity contribution in [1.82, 2.24) is 5.32 Å². The molecule has 0 bridgehead atoms. The van der Waals surface area contributed by atoms with Crippen molar-refractivity contribution in [2.75, 3.05) is 6.61 Å². The Morgan fingerprint density at radius 2 is 1.91 bits per heavy atom. The second-order valence-electron chi connectivity index (χ2n) is 5.68. The highest BCUT2D eigenvalue weighted by molar-refractivity contribution is 5.73. The number of rotatable bonds is 5. The summed E-state index contributed by atoms with van der Waals surface area (Å²) in [6, 6.07) is 8.59. The topological polar surface area (TPSA) is 64.6 Å². The molecule has 0 fully saturated rings. The van der Waals surface area contributed by atoms with Gasteiger partial charge in [-0.1, -0.05) is 36.3 Å². The lowest BCUT2D eigenvalue weighted by Crippen LogP contribution is -2.36. The zero-order chi connectivity index (χ0) is 16.6. The van der Waals surface area contributed by atoms with Crippen LogP contribution in [-0.2, 0) is 14.3 Å². The van der Waals surface area contributed by atoms with E-state index in [2.05, 4.69) is 11.2 Å². The van der Waals surface area contributed by atoms with Gasteiger partial charge in [-0.25, -0.2) is 4.79 Å². The molecular formula is C17H21NO4. The van der Waals surface area contributed by atoms with E-state index in [1.807, 2.05) is 30.3 Å². The molecule has 0 radical (unpaired) electrons. The van der Waals surface area contributed by atoms with Gasteiger partial charge in [0, 0.05) is 0 Å². The Hall–Kier alpha value is -2.48. The van der Waals surface area contributed by atoms with Gasteiger partial charge in [-0.2, -0.15) is 0 Å². The summed E-state index contributed by atoms with van der Waals surface area (Å²) in [5.74, 6) is 1.74. The monoisotopic (exact) mass is 303 g/mol. The molecule has 5 heteroatoms. The van der Waals surface area contributed by atoms with Crippen molar-refractivity contribution in [3.05, 3.63) is 35.9 Å². The number of hydrogen-bond donors (Lipinski definition) is 1. The van der Waals surface area contributed by atoms with Gasteiger partial charge in [0.2, 0.25) is 0 Å². The van der Waals surface area contributed by atoms with Gasteiger partial charge >= 0.3 is 12.1 Å². The Labute approximate surface area is 131 Å². The summed E-state index contributed by atoms with van der Waals surface area (Å²) in [5, 5.41) is 2.68. The van der Waals surface area contributed by atoms with Gasteiger partial charge in [0.05, 0.1) is 12.5 Å². The highest BCUT2D eigenvalue weighted by Gasteiger charge is 2.23. The van der Waals surface area contributed by atoms with Crippen LogP contribution in [0.4, 0.5) is 4.79 Å². The Kier molecular flexibility index (Phi) is 6.46. The molecule has 0 aliphatic heterocycles. The molecule has 1 rings (SSSR count). The van der Waals surface area contributed by atoms with Gasteiger partial charge in [0.25, 0.3) is 0 Å². The van der Waals surface area contributed by atoms with E-state index < -0.39 is 23.7 Å². The van der Waals surface area contributed by atoms with Crippen LogP contribution < -0.4 is 5.32 Å². The van der Waals surface area contributed by atoms with Crippen molar-refractivity contribution in [3.63, 3.8) is 0 Å². The number of esters is 1. The van der Waals surface area contributed by atoms with Crippen LogP contribution in [0, 0.1) is 12.3 Å². The third-order valence-electron chi connectivity index (χ3n) is 2.58. The van der Waals surface area contributed by atoms with Crippen LogP contribution in [0.2, 0.25) is 0 Å². The third kappa shape index (κ3) is 6.80. The maximum absolute atomic E-state index is 11.9. The van der Waals surface area contributed by atoms with E-state index in [9.17, 15) is 9.59 Å². The number of alkyl carbamates (subject to hydrolysis) is 1. The Morgan fingerprint density at radius 1 is 1.27 bits per heavy atom. The zero-order valence-electron chi connectivity index (χ0n) is 13.1. The molecule has 0 saturated carbocycles. The van der Waals surface area contributed by atoms with Crippen molar-refractivity contribution in [1.29, 1.82) is 0 Å². The molecule has 22 heavy (non-hydrogen) atoms. The van der Waals surface area contributed by atoms with Gasteiger partial charge in [0.15, 0.2) is 6.61 Å². The number of hydrogen-bond acceptors (Lipinski definition) is 4. The maximum Gasteiger partial charge on any atom is 0.408 e. The van der Waals surface area contributed by atoms with Crippen LogP contribution in [0.5, 0.6) is 0 Å². The molecule has 0 unspecified atom stereocenters. The summed E-state index contributed by atoms with van der Waals surface area (Å²) in [6.45, 7) is 5.22. The molecule has 1 aromatic rings. The molecule has 1 aromatic carbocycles. The SMILES string of the molecule is C#CCOC(=O)C[C@@H](NC(=O)OC(C)(C)C)c1ccccc1. The fraction of sp³-hybridized carbons (Fsp3) is 0.412. The normalized spacial score (nSPS) is 11.9. The van der Waals surface area contributed by atoms with E-state index in [1.54, 1.807) is 20.8 Å². The summed E-state index contributed by atoms with van der Waals surface area (Å²) in [7, 11) is 0. The smallest absolute Gasteiger partial charge is 0.408 e. The molecule has 1 N–H and O–H groups in total. The Morgan fingerprint density at radius 3 is 2.45 bits per heavy atom. The number of ether oxygens (including phenoxy) is 2. The number of nitrogens with one attached hydrogen (secondary N) is 1. The van der Waals surface area contributed by atoms with Gasteiger partial charge < -0.3 is 14.8 Å². The molecule has 0 spiro atoms. The number of terminal acetylenes is 1. The van der Waals surface area contributed by atoms with Crippen LogP contribution in [-0.4, -0.2) is 24.3 Å². The highest BCUT2D eigenvalue weighted by Crippen LogP contribution is 2.18. The standard InChI is InChI=1S/C17H21NO4/c1-5-11-21-15(19)12-14(13-9-7-6-8-10-13)18-16(20)22-17(2,3)4/h1,6-10,14H,11-12H2,2-4H3,(H,18,20)/t14-/m1/s1. The lowest BCUT2D eigenvalue weighted by Gasteiger charge is -2.23. The van der Waals surface area contributed by atoms with E-state index in [1.165, 1.54) is 0 Å². The fourth-order valence-corrected chi connectivity index (χ4v) is 1.74. The van der Waals surface area contributed by atoms with Crippen molar-refractivity contribution in [2.45, 2.75) is 38.8 Å². The molecule has 0 saturated heterocycles. The molecule has 118 valence electrons. The van der Waals surface area contributed by atoms with Crippen LogP contribution >= 0.6 is 0 Å². The Balaban J connectivity index is 2.77. The van der Waals surface area contributed by atoms with Gasteiger partial charge in [0.1, 0.15) is 5.60 Å². The van der Waals surface area contributed by atoms with Gasteiger partial charge in [-0.15, -0.1) is 6.42 Å². The lowest BCUT2D eigenvalue weighted by molar-refractivity contribution is -0.142. The van der Waals surface area contributed by atoms with Crippen molar-refractivity contribution in [2.24, 2.45) is 0 Å². The number of benzene rings is 1. The third-order valence-corrected chi connectivity index (χ3v) is 2.58. The van der Waals surface area contributed by atoms with Crippen molar-refractivity contribution < 1.29 is 19.1 Å². The fourth-order valence-electron chi connectivity index (χ4n) is 1.74. The Bertz CT molecular complexity index is 540. The van der Waals surface area contributed by atoms with Crippen LogP contribution in [0.15, 0.2) is 30.3 Å². The molecule has 1 atom stereocenters. The lowest BCUT2D eigenvalue weighted by atomic mass is 10.0. The first-order chi connectivity index (χ1) is 10.3. The number of carbonyl (C=O) groups is 2. The molecule has 0 aliphatic rings. The first-order valence-electron chi connectivity index (χ1n) is 6.95. The second-order valence-corrected chi connectivity index (χ2v) is 5.68.